The lowest BCUT2D eigenvalue weighted by molar-refractivity contribution is 0.373. The molecule has 0 heterocycles. The van der Waals surface area contributed by atoms with E-state index in [2.05, 4.69) is 0 Å². The van der Waals surface area contributed by atoms with E-state index in [1.807, 2.05) is 18.2 Å². The molecule has 0 amide bonds. The average Bonchev–Trinajstić information content (AvgIpc) is 2.46. The van der Waals surface area contributed by atoms with Crippen molar-refractivity contribution in [3.8, 4) is 34.1 Å². The highest BCUT2D eigenvalue weighted by atomic mass is 16.5. The van der Waals surface area contributed by atoms with Crippen molar-refractivity contribution in [1.82, 2.24) is 0 Å². The molecule has 4 nitrogen and oxygen atoms in total. The van der Waals surface area contributed by atoms with Gasteiger partial charge in [-0.05, 0) is 18.2 Å². The number of aromatic hydroxyl groups is 1. The Kier molecular flexibility index (Phi) is 3.80. The van der Waals surface area contributed by atoms with Crippen LogP contribution in [0, 0.1) is 0 Å². The van der Waals surface area contributed by atoms with Gasteiger partial charge in [0.2, 0.25) is 0 Å². The molecule has 19 heavy (non-hydrogen) atoms. The number of ether oxygens (including phenoxy) is 3. The lowest BCUT2D eigenvalue weighted by Crippen LogP contribution is -1.94. The highest BCUT2D eigenvalue weighted by molar-refractivity contribution is 5.82. The molecule has 0 radical (unpaired) electrons. The van der Waals surface area contributed by atoms with E-state index in [1.54, 1.807) is 32.4 Å². The summed E-state index contributed by atoms with van der Waals surface area (Å²) in [6.07, 6.45) is 0. The smallest absolute Gasteiger partial charge is 0.165 e. The fraction of sp³-hybridized carbons (Fsp3) is 0.200. The maximum Gasteiger partial charge on any atom is 0.165 e. The van der Waals surface area contributed by atoms with E-state index in [0.29, 0.717) is 28.4 Å². The fourth-order valence-electron chi connectivity index (χ4n) is 2.01. The zero-order valence-electron chi connectivity index (χ0n) is 11.1. The molecule has 2 aromatic carbocycles. The minimum Gasteiger partial charge on any atom is -0.504 e. The Morgan fingerprint density at radius 2 is 1.21 bits per heavy atom. The van der Waals surface area contributed by atoms with E-state index in [-0.39, 0.29) is 5.75 Å². The van der Waals surface area contributed by atoms with Gasteiger partial charge in [-0.15, -0.1) is 0 Å². The predicted molar refractivity (Wildman–Crippen MR) is 73.2 cm³/mol. The van der Waals surface area contributed by atoms with Crippen LogP contribution in [-0.2, 0) is 0 Å². The normalized spacial score (nSPS) is 10.1. The summed E-state index contributed by atoms with van der Waals surface area (Å²) < 4.78 is 15.8. The van der Waals surface area contributed by atoms with Crippen molar-refractivity contribution in [2.45, 2.75) is 0 Å². The van der Waals surface area contributed by atoms with E-state index >= 15 is 0 Å². The molecule has 0 saturated carbocycles. The van der Waals surface area contributed by atoms with Gasteiger partial charge < -0.3 is 19.3 Å². The van der Waals surface area contributed by atoms with Crippen molar-refractivity contribution in [3.63, 3.8) is 0 Å². The monoisotopic (exact) mass is 260 g/mol. The molecule has 4 heteroatoms. The van der Waals surface area contributed by atoms with Gasteiger partial charge >= 0.3 is 0 Å². The van der Waals surface area contributed by atoms with Crippen molar-refractivity contribution >= 4 is 0 Å². The van der Waals surface area contributed by atoms with E-state index in [9.17, 15) is 5.11 Å². The molecule has 1 N–H and O–H groups in total. The van der Waals surface area contributed by atoms with E-state index < -0.39 is 0 Å². The Bertz CT molecular complexity index is 556. The molecule has 0 atom stereocenters. The number of hydrogen-bond donors (Lipinski definition) is 1. The molecule has 0 aliphatic rings. The van der Waals surface area contributed by atoms with Crippen LogP contribution in [0.15, 0.2) is 36.4 Å². The number of para-hydroxylation sites is 1. The summed E-state index contributed by atoms with van der Waals surface area (Å²) in [6, 6.07) is 10.8. The topological polar surface area (TPSA) is 47.9 Å². The quantitative estimate of drug-likeness (QED) is 0.917. The molecule has 2 rings (SSSR count). The van der Waals surface area contributed by atoms with Gasteiger partial charge in [0.25, 0.3) is 0 Å². The van der Waals surface area contributed by atoms with Gasteiger partial charge in [-0.3, -0.25) is 0 Å². The molecule has 0 aromatic heterocycles. The van der Waals surface area contributed by atoms with Crippen LogP contribution >= 0.6 is 0 Å². The Morgan fingerprint density at radius 1 is 0.737 bits per heavy atom. The molecule has 2 aromatic rings. The van der Waals surface area contributed by atoms with Crippen LogP contribution in [0.1, 0.15) is 0 Å². The first-order valence-corrected chi connectivity index (χ1v) is 5.80. The zero-order chi connectivity index (χ0) is 13.8. The van der Waals surface area contributed by atoms with Crippen molar-refractivity contribution in [1.29, 1.82) is 0 Å². The lowest BCUT2D eigenvalue weighted by Gasteiger charge is -2.15. The van der Waals surface area contributed by atoms with E-state index in [0.717, 1.165) is 0 Å². The van der Waals surface area contributed by atoms with Crippen LogP contribution in [0.2, 0.25) is 0 Å². The van der Waals surface area contributed by atoms with Crippen LogP contribution < -0.4 is 14.2 Å². The minimum absolute atomic E-state index is 0.0628. The van der Waals surface area contributed by atoms with Gasteiger partial charge in [0.05, 0.1) is 26.9 Å². The van der Waals surface area contributed by atoms with Crippen LogP contribution in [-0.4, -0.2) is 26.4 Å². The predicted octanol–water partition coefficient (Wildman–Crippen LogP) is 3.09. The second-order valence-electron chi connectivity index (χ2n) is 3.89. The number of benzene rings is 2. The second kappa shape index (κ2) is 5.52. The Hall–Kier alpha value is -2.36. The highest BCUT2D eigenvalue weighted by Gasteiger charge is 2.17. The molecular formula is C15H16O4. The molecule has 0 aliphatic heterocycles. The van der Waals surface area contributed by atoms with Gasteiger partial charge in [-0.1, -0.05) is 18.2 Å². The molecular weight excluding hydrogens is 244 g/mol. The Balaban J connectivity index is 2.71. The minimum atomic E-state index is 0.0628. The van der Waals surface area contributed by atoms with Crippen molar-refractivity contribution in [3.05, 3.63) is 36.4 Å². The molecule has 100 valence electrons. The lowest BCUT2D eigenvalue weighted by atomic mass is 10.0. The van der Waals surface area contributed by atoms with E-state index in [1.165, 1.54) is 7.11 Å². The average molecular weight is 260 g/mol. The fourth-order valence-corrected chi connectivity index (χ4v) is 2.01. The third kappa shape index (κ3) is 2.29. The summed E-state index contributed by atoms with van der Waals surface area (Å²) in [5.41, 5.74) is 1.30. The largest absolute Gasteiger partial charge is 0.504 e. The summed E-state index contributed by atoms with van der Waals surface area (Å²) >= 11 is 0. The maximum absolute atomic E-state index is 10.2. The van der Waals surface area contributed by atoms with Crippen molar-refractivity contribution < 1.29 is 19.3 Å². The first-order chi connectivity index (χ1) is 9.22. The maximum atomic E-state index is 10.2. The summed E-state index contributed by atoms with van der Waals surface area (Å²) in [4.78, 5) is 0. The molecule has 0 aliphatic carbocycles. The summed E-state index contributed by atoms with van der Waals surface area (Å²) in [6.45, 7) is 0. The first kappa shape index (κ1) is 13.1. The first-order valence-electron chi connectivity index (χ1n) is 5.80. The molecule has 0 bridgehead atoms. The van der Waals surface area contributed by atoms with E-state index in [4.69, 9.17) is 14.2 Å². The molecule has 0 saturated heterocycles. The number of phenolic OH excluding ortho intramolecular Hbond substituents is 1. The summed E-state index contributed by atoms with van der Waals surface area (Å²) in [7, 11) is 4.67. The van der Waals surface area contributed by atoms with Gasteiger partial charge in [0.1, 0.15) is 11.5 Å². The van der Waals surface area contributed by atoms with Crippen LogP contribution in [0.4, 0.5) is 0 Å². The van der Waals surface area contributed by atoms with Crippen molar-refractivity contribution in [2.24, 2.45) is 0 Å². The van der Waals surface area contributed by atoms with Crippen LogP contribution in [0.3, 0.4) is 0 Å². The summed E-state index contributed by atoms with van der Waals surface area (Å²) in [5, 5.41) is 10.2. The number of hydrogen-bond acceptors (Lipinski definition) is 4. The summed E-state index contributed by atoms with van der Waals surface area (Å²) in [5.74, 6) is 1.73. The van der Waals surface area contributed by atoms with Crippen LogP contribution in [0.5, 0.6) is 23.0 Å². The van der Waals surface area contributed by atoms with Crippen LogP contribution in [0.25, 0.3) is 11.1 Å². The molecule has 0 fully saturated rings. The standard InChI is InChI=1S/C15H16O4/c1-17-11-7-5-8-12(18-2)14(11)10-6-4-9-13(19-3)15(10)16/h4-9,16H,1-3H3. The van der Waals surface area contributed by atoms with Gasteiger partial charge in [0, 0.05) is 5.56 Å². The molecule has 0 unspecified atom stereocenters. The molecule has 0 spiro atoms. The highest BCUT2D eigenvalue weighted by Crippen LogP contribution is 2.45. The second-order valence-corrected chi connectivity index (χ2v) is 3.89. The third-order valence-electron chi connectivity index (χ3n) is 2.92. The van der Waals surface area contributed by atoms with Gasteiger partial charge in [-0.25, -0.2) is 0 Å². The Morgan fingerprint density at radius 3 is 1.74 bits per heavy atom. The number of rotatable bonds is 4. The number of phenols is 1. The third-order valence-corrected chi connectivity index (χ3v) is 2.92. The van der Waals surface area contributed by atoms with Crippen molar-refractivity contribution in [2.75, 3.05) is 21.3 Å². The zero-order valence-corrected chi connectivity index (χ0v) is 11.1. The van der Waals surface area contributed by atoms with Gasteiger partial charge in [0.15, 0.2) is 11.5 Å². The van der Waals surface area contributed by atoms with Gasteiger partial charge in [-0.2, -0.15) is 0 Å². The SMILES string of the molecule is COc1cccc(-c2c(OC)cccc2OC)c1O. The Labute approximate surface area is 112 Å². The number of methoxy groups -OCH3 is 3.